The lowest BCUT2D eigenvalue weighted by Gasteiger charge is -2.30. The molecule has 0 saturated carbocycles. The van der Waals surface area contributed by atoms with Crippen molar-refractivity contribution in [2.24, 2.45) is 5.92 Å². The molecule has 3 aromatic rings. The van der Waals surface area contributed by atoms with Crippen LogP contribution in [-0.2, 0) is 16.1 Å². The first-order valence-electron chi connectivity index (χ1n) is 11.4. The van der Waals surface area contributed by atoms with E-state index in [1.807, 2.05) is 33.9 Å². The molecule has 2 saturated heterocycles. The molecule has 3 amide bonds. The highest BCUT2D eigenvalue weighted by Crippen LogP contribution is 2.37. The van der Waals surface area contributed by atoms with Crippen molar-refractivity contribution >= 4 is 79.0 Å². The lowest BCUT2D eigenvalue weighted by molar-refractivity contribution is -0.133. The number of carbonyl (C=O) groups is 3. The van der Waals surface area contributed by atoms with Crippen LogP contribution in [0.3, 0.4) is 0 Å². The van der Waals surface area contributed by atoms with Gasteiger partial charge in [0.1, 0.15) is 6.54 Å². The number of thioether (sulfide) groups is 1. The van der Waals surface area contributed by atoms with Crippen molar-refractivity contribution in [2.45, 2.75) is 26.3 Å². The van der Waals surface area contributed by atoms with Crippen LogP contribution >= 0.6 is 39.3 Å². The van der Waals surface area contributed by atoms with Crippen molar-refractivity contribution in [1.29, 1.82) is 0 Å². The molecule has 3 heterocycles. The van der Waals surface area contributed by atoms with E-state index in [1.54, 1.807) is 30.3 Å². The Hall–Kier alpha value is -2.55. The second-order valence-corrected chi connectivity index (χ2v) is 11.3. The predicted octanol–water partition coefficient (Wildman–Crippen LogP) is 6.56. The third-order valence-corrected chi connectivity index (χ3v) is 8.10. The minimum atomic E-state index is -0.378. The Labute approximate surface area is 221 Å². The molecule has 2 fully saturated rings. The van der Waals surface area contributed by atoms with E-state index in [-0.39, 0.29) is 23.6 Å². The molecule has 180 valence electrons. The predicted molar refractivity (Wildman–Crippen MR) is 145 cm³/mol. The van der Waals surface area contributed by atoms with Crippen LogP contribution in [0.25, 0.3) is 17.0 Å². The highest BCUT2D eigenvalue weighted by atomic mass is 79.9. The number of carbonyl (C=O) groups excluding carboxylic acids is 3. The molecule has 0 atom stereocenters. The second kappa shape index (κ2) is 9.84. The minimum absolute atomic E-state index is 0.0892. The summed E-state index contributed by atoms with van der Waals surface area (Å²) in [5.74, 6) is 0.363. The zero-order chi connectivity index (χ0) is 24.7. The molecule has 0 N–H and O–H groups in total. The largest absolute Gasteiger partial charge is 0.341 e. The number of benzene rings is 2. The fraction of sp³-hybridized carbons (Fsp3) is 0.269. The van der Waals surface area contributed by atoms with Crippen LogP contribution in [0, 0.1) is 5.92 Å². The SMILES string of the molecule is CC1CCN(C(=O)Cn2cc(/C=C3\SC(=O)N(c4ccc(Cl)cc4)C3=O)c3cc(Br)ccc32)CC1. The number of anilines is 1. The van der Waals surface area contributed by atoms with Crippen molar-refractivity contribution in [3.05, 3.63) is 68.6 Å². The number of likely N-dealkylation sites (tertiary alicyclic amines) is 1. The summed E-state index contributed by atoms with van der Waals surface area (Å²) in [6.07, 6.45) is 5.68. The summed E-state index contributed by atoms with van der Waals surface area (Å²) in [7, 11) is 0. The first-order chi connectivity index (χ1) is 16.8. The van der Waals surface area contributed by atoms with Gasteiger partial charge in [0.05, 0.1) is 10.6 Å². The van der Waals surface area contributed by atoms with Crippen LogP contribution in [-0.4, -0.2) is 39.6 Å². The van der Waals surface area contributed by atoms with Gasteiger partial charge in [0.15, 0.2) is 0 Å². The quantitative estimate of drug-likeness (QED) is 0.332. The maximum atomic E-state index is 13.1. The normalized spacial score (nSPS) is 18.3. The summed E-state index contributed by atoms with van der Waals surface area (Å²) in [5, 5.41) is 1.07. The fourth-order valence-corrected chi connectivity index (χ4v) is 5.79. The highest BCUT2D eigenvalue weighted by Gasteiger charge is 2.36. The van der Waals surface area contributed by atoms with E-state index in [0.29, 0.717) is 21.5 Å². The first kappa shape index (κ1) is 24.2. The molecule has 0 unspecified atom stereocenters. The van der Waals surface area contributed by atoms with Gasteiger partial charge in [0, 0.05) is 45.2 Å². The molecule has 1 aromatic heterocycles. The van der Waals surface area contributed by atoms with Crippen LogP contribution in [0.5, 0.6) is 0 Å². The second-order valence-electron chi connectivity index (χ2n) is 8.93. The van der Waals surface area contributed by atoms with E-state index >= 15 is 0 Å². The maximum Gasteiger partial charge on any atom is 0.298 e. The highest BCUT2D eigenvalue weighted by molar-refractivity contribution is 9.10. The van der Waals surface area contributed by atoms with E-state index in [2.05, 4.69) is 22.9 Å². The van der Waals surface area contributed by atoms with Crippen molar-refractivity contribution in [3.8, 4) is 0 Å². The number of amides is 3. The summed E-state index contributed by atoms with van der Waals surface area (Å²) < 4.78 is 2.82. The Bertz CT molecular complexity index is 1360. The molecule has 0 bridgehead atoms. The molecule has 6 nitrogen and oxygen atoms in total. The monoisotopic (exact) mass is 571 g/mol. The average Bonchev–Trinajstić information content (AvgIpc) is 3.30. The topological polar surface area (TPSA) is 62.6 Å². The zero-order valence-electron chi connectivity index (χ0n) is 19.0. The lowest BCUT2D eigenvalue weighted by atomic mass is 9.99. The van der Waals surface area contributed by atoms with Crippen LogP contribution < -0.4 is 4.90 Å². The van der Waals surface area contributed by atoms with E-state index in [4.69, 9.17) is 11.6 Å². The Kier molecular flexibility index (Phi) is 6.79. The molecule has 5 rings (SSSR count). The molecular weight excluding hydrogens is 550 g/mol. The van der Waals surface area contributed by atoms with Crippen LogP contribution in [0.2, 0.25) is 5.02 Å². The first-order valence-corrected chi connectivity index (χ1v) is 13.4. The molecular formula is C26H23BrClN3O3S. The van der Waals surface area contributed by atoms with Gasteiger partial charge >= 0.3 is 0 Å². The van der Waals surface area contributed by atoms with Gasteiger partial charge in [0.25, 0.3) is 11.1 Å². The van der Waals surface area contributed by atoms with Gasteiger partial charge in [-0.05, 0) is 79.1 Å². The van der Waals surface area contributed by atoms with Gasteiger partial charge in [-0.1, -0.05) is 34.5 Å². The van der Waals surface area contributed by atoms with Crippen molar-refractivity contribution in [3.63, 3.8) is 0 Å². The van der Waals surface area contributed by atoms with E-state index in [9.17, 15) is 14.4 Å². The molecule has 2 aliphatic heterocycles. The van der Waals surface area contributed by atoms with Gasteiger partial charge in [0.2, 0.25) is 5.91 Å². The number of hydrogen-bond donors (Lipinski definition) is 0. The molecule has 35 heavy (non-hydrogen) atoms. The molecule has 2 aromatic carbocycles. The van der Waals surface area contributed by atoms with Crippen LogP contribution in [0.4, 0.5) is 10.5 Å². The molecule has 0 radical (unpaired) electrons. The number of rotatable bonds is 4. The van der Waals surface area contributed by atoms with Crippen molar-refractivity contribution in [1.82, 2.24) is 9.47 Å². The van der Waals surface area contributed by atoms with Gasteiger partial charge < -0.3 is 9.47 Å². The number of imide groups is 1. The van der Waals surface area contributed by atoms with E-state index in [0.717, 1.165) is 63.5 Å². The van der Waals surface area contributed by atoms with Gasteiger partial charge in [-0.2, -0.15) is 0 Å². The number of halogens is 2. The smallest absolute Gasteiger partial charge is 0.298 e. The Morgan fingerprint density at radius 1 is 1.14 bits per heavy atom. The van der Waals surface area contributed by atoms with Gasteiger partial charge in [-0.15, -0.1) is 0 Å². The van der Waals surface area contributed by atoms with Crippen molar-refractivity contribution < 1.29 is 14.4 Å². The summed E-state index contributed by atoms with van der Waals surface area (Å²) in [6.45, 7) is 4.03. The van der Waals surface area contributed by atoms with Crippen LogP contribution in [0.15, 0.2) is 58.0 Å². The Balaban J connectivity index is 1.46. The summed E-state index contributed by atoms with van der Waals surface area (Å²) >= 11 is 10.4. The fourth-order valence-electron chi connectivity index (χ4n) is 4.47. The maximum absolute atomic E-state index is 13.1. The molecule has 0 spiro atoms. The number of aromatic nitrogens is 1. The Morgan fingerprint density at radius 3 is 2.57 bits per heavy atom. The molecule has 2 aliphatic rings. The third-order valence-electron chi connectivity index (χ3n) is 6.48. The van der Waals surface area contributed by atoms with Gasteiger partial charge in [-0.25, -0.2) is 4.90 Å². The minimum Gasteiger partial charge on any atom is -0.341 e. The lowest BCUT2D eigenvalue weighted by Crippen LogP contribution is -2.39. The van der Waals surface area contributed by atoms with E-state index < -0.39 is 0 Å². The molecule has 0 aliphatic carbocycles. The number of piperidine rings is 1. The Morgan fingerprint density at radius 2 is 1.86 bits per heavy atom. The summed E-state index contributed by atoms with van der Waals surface area (Å²) in [5.41, 5.74) is 2.16. The van der Waals surface area contributed by atoms with E-state index in [1.165, 1.54) is 0 Å². The summed E-state index contributed by atoms with van der Waals surface area (Å²) in [6, 6.07) is 12.5. The zero-order valence-corrected chi connectivity index (χ0v) is 22.2. The number of nitrogens with zero attached hydrogens (tertiary/aromatic N) is 3. The summed E-state index contributed by atoms with van der Waals surface area (Å²) in [4.78, 5) is 42.2. The van der Waals surface area contributed by atoms with Gasteiger partial charge in [-0.3, -0.25) is 14.4 Å². The number of hydrogen-bond acceptors (Lipinski definition) is 4. The average molecular weight is 573 g/mol. The standard InChI is InChI=1S/C26H23BrClN3O3S/c1-16-8-10-29(11-9-16)24(32)15-30-14-17(21-13-18(27)2-7-22(21)30)12-23-25(33)31(26(34)35-23)20-5-3-19(28)4-6-20/h2-7,12-14,16H,8-11,15H2,1H3/b23-12-. The van der Waals surface area contributed by atoms with Crippen LogP contribution in [0.1, 0.15) is 25.3 Å². The molecule has 9 heteroatoms. The third kappa shape index (κ3) is 4.92. The number of fused-ring (bicyclic) bond motifs is 1. The van der Waals surface area contributed by atoms with Crippen molar-refractivity contribution in [2.75, 3.05) is 18.0 Å².